The lowest BCUT2D eigenvalue weighted by Crippen LogP contribution is -2.63. The maximum Gasteiger partial charge on any atom is 0.439 e. The predicted molar refractivity (Wildman–Crippen MR) is 112 cm³/mol. The molecule has 1 saturated carbocycles. The first-order valence-corrected chi connectivity index (χ1v) is 10.7. The highest BCUT2D eigenvalue weighted by Crippen LogP contribution is 2.52. The van der Waals surface area contributed by atoms with E-state index in [-0.39, 0.29) is 45.7 Å². The topological polar surface area (TPSA) is 62.1 Å². The summed E-state index contributed by atoms with van der Waals surface area (Å²) in [5.41, 5.74) is -3.48. The van der Waals surface area contributed by atoms with Crippen LogP contribution in [0.15, 0.2) is 23.3 Å². The number of fused-ring (bicyclic) bond motifs is 1. The summed E-state index contributed by atoms with van der Waals surface area (Å²) < 4.78 is 47.9. The van der Waals surface area contributed by atoms with Crippen molar-refractivity contribution in [2.24, 2.45) is 22.4 Å². The quantitative estimate of drug-likeness (QED) is 0.605. The average molecular weight is 481 g/mol. The number of hydrogen-bond donors (Lipinski definition) is 1. The number of aliphatic hydroxyl groups is 1. The van der Waals surface area contributed by atoms with E-state index >= 15 is 0 Å². The van der Waals surface area contributed by atoms with E-state index in [1.165, 1.54) is 25.1 Å². The van der Waals surface area contributed by atoms with Gasteiger partial charge in [-0.3, -0.25) is 4.79 Å². The molecule has 1 fully saturated rings. The first kappa shape index (κ1) is 24.1. The Labute approximate surface area is 189 Å². The Morgan fingerprint density at radius 2 is 1.97 bits per heavy atom. The molecule has 1 aliphatic heterocycles. The number of halogens is 5. The summed E-state index contributed by atoms with van der Waals surface area (Å²) in [7, 11) is 0. The largest absolute Gasteiger partial charge is 0.479 e. The Morgan fingerprint density at radius 1 is 1.32 bits per heavy atom. The van der Waals surface area contributed by atoms with Gasteiger partial charge in [-0.1, -0.05) is 44.0 Å². The van der Waals surface area contributed by atoms with Crippen molar-refractivity contribution >= 4 is 34.8 Å². The van der Waals surface area contributed by atoms with E-state index in [1.54, 1.807) is 0 Å². The van der Waals surface area contributed by atoms with Gasteiger partial charge in [0.2, 0.25) is 0 Å². The lowest BCUT2D eigenvalue weighted by atomic mass is 9.66. The highest BCUT2D eigenvalue weighted by molar-refractivity contribution is 6.35. The van der Waals surface area contributed by atoms with E-state index in [1.807, 2.05) is 20.8 Å². The van der Waals surface area contributed by atoms with Crippen molar-refractivity contribution in [2.45, 2.75) is 65.0 Å². The van der Waals surface area contributed by atoms with Crippen LogP contribution in [-0.2, 0) is 4.79 Å². The Balaban J connectivity index is 1.90. The summed E-state index contributed by atoms with van der Waals surface area (Å²) in [5, 5.41) is 15.5. The first-order chi connectivity index (χ1) is 14.2. The van der Waals surface area contributed by atoms with Crippen molar-refractivity contribution in [1.82, 2.24) is 5.01 Å². The zero-order valence-electron chi connectivity index (χ0n) is 17.6. The molecule has 0 aromatic heterocycles. The van der Waals surface area contributed by atoms with Gasteiger partial charge in [0, 0.05) is 10.7 Å². The van der Waals surface area contributed by atoms with Crippen LogP contribution < -0.4 is 4.74 Å². The maximum absolute atomic E-state index is 14.2. The third-order valence-electron chi connectivity index (χ3n) is 6.10. The molecule has 0 bridgehead atoms. The molecule has 0 spiro atoms. The summed E-state index contributed by atoms with van der Waals surface area (Å²) in [6.45, 7) is 7.15. The Hall–Kier alpha value is -1.51. The highest BCUT2D eigenvalue weighted by atomic mass is 35.5. The third kappa shape index (κ3) is 4.39. The van der Waals surface area contributed by atoms with Crippen LogP contribution in [0.2, 0.25) is 10.0 Å². The summed E-state index contributed by atoms with van der Waals surface area (Å²) in [4.78, 5) is 13.0. The number of amides is 1. The fourth-order valence-corrected chi connectivity index (χ4v) is 4.66. The molecule has 0 saturated heterocycles. The fraction of sp³-hybridized carbons (Fsp3) is 0.619. The number of ether oxygens (including phenoxy) is 1. The zero-order valence-corrected chi connectivity index (χ0v) is 19.1. The molecule has 1 N–H and O–H groups in total. The molecule has 0 radical (unpaired) electrons. The summed E-state index contributed by atoms with van der Waals surface area (Å²) in [6.07, 6.45) is -5.47. The standard InChI is InChI=1S/C21H25Cl2F3N2O3/c1-11(31-17-8-6-13(22)10-15(17)23)18(29)28-20(30,21(24,25)26)14-9-12(19(2,3)4)5-7-16(14)27-28/h6,8,10-12,14,30H,5,7,9H2,1-4H3/t11-,12-,14+,20+/m0/s1. The Kier molecular flexibility index (Phi) is 6.32. The molecule has 1 amide bonds. The van der Waals surface area contributed by atoms with Crippen molar-refractivity contribution in [2.75, 3.05) is 0 Å². The lowest BCUT2D eigenvalue weighted by Gasteiger charge is -2.43. The van der Waals surface area contributed by atoms with E-state index in [9.17, 15) is 23.1 Å². The summed E-state index contributed by atoms with van der Waals surface area (Å²) in [5.74, 6) is -2.40. The first-order valence-electron chi connectivity index (χ1n) is 9.98. The smallest absolute Gasteiger partial charge is 0.439 e. The van der Waals surface area contributed by atoms with Crippen molar-refractivity contribution < 1.29 is 27.8 Å². The number of rotatable bonds is 3. The Morgan fingerprint density at radius 3 is 2.52 bits per heavy atom. The summed E-state index contributed by atoms with van der Waals surface area (Å²) in [6, 6.07) is 4.27. The molecule has 1 aromatic carbocycles. The van der Waals surface area contributed by atoms with E-state index in [0.29, 0.717) is 11.4 Å². The lowest BCUT2D eigenvalue weighted by molar-refractivity contribution is -0.319. The van der Waals surface area contributed by atoms with Gasteiger partial charge in [0.05, 0.1) is 10.9 Å². The van der Waals surface area contributed by atoms with Gasteiger partial charge in [-0.2, -0.15) is 23.3 Å². The van der Waals surface area contributed by atoms with Crippen molar-refractivity contribution in [1.29, 1.82) is 0 Å². The molecule has 1 aliphatic carbocycles. The second-order valence-corrected chi connectivity index (χ2v) is 10.0. The van der Waals surface area contributed by atoms with Gasteiger partial charge >= 0.3 is 6.18 Å². The molecular weight excluding hydrogens is 456 g/mol. The molecule has 1 heterocycles. The monoisotopic (exact) mass is 480 g/mol. The minimum Gasteiger partial charge on any atom is -0.479 e. The average Bonchev–Trinajstić information content (AvgIpc) is 2.96. The SMILES string of the molecule is C[C@H](Oc1ccc(Cl)cc1Cl)C(=O)N1N=C2CC[C@H](C(C)(C)C)C[C@H]2[C@@]1(O)C(F)(F)F. The van der Waals surface area contributed by atoms with E-state index in [2.05, 4.69) is 5.10 Å². The van der Waals surface area contributed by atoms with Crippen LogP contribution in [0.25, 0.3) is 0 Å². The second kappa shape index (κ2) is 8.12. The highest BCUT2D eigenvalue weighted by Gasteiger charge is 2.69. The van der Waals surface area contributed by atoms with Crippen LogP contribution in [0.4, 0.5) is 13.2 Å². The minimum atomic E-state index is -5.10. The van der Waals surface area contributed by atoms with Crippen LogP contribution in [0.5, 0.6) is 5.75 Å². The number of nitrogens with zero attached hydrogens (tertiary/aromatic N) is 2. The van der Waals surface area contributed by atoms with Crippen LogP contribution in [0.1, 0.15) is 47.0 Å². The molecule has 5 nitrogen and oxygen atoms in total. The van der Waals surface area contributed by atoms with Crippen LogP contribution >= 0.6 is 23.2 Å². The number of benzene rings is 1. The van der Waals surface area contributed by atoms with Gasteiger partial charge in [-0.05, 0) is 55.7 Å². The van der Waals surface area contributed by atoms with E-state index in [4.69, 9.17) is 27.9 Å². The maximum atomic E-state index is 14.2. The zero-order chi connectivity index (χ0) is 23.4. The molecule has 1 aromatic rings. The summed E-state index contributed by atoms with van der Waals surface area (Å²) >= 11 is 11.9. The molecule has 172 valence electrons. The molecule has 4 atom stereocenters. The van der Waals surface area contributed by atoms with Crippen LogP contribution in [0.3, 0.4) is 0 Å². The van der Waals surface area contributed by atoms with Crippen molar-refractivity contribution in [3.05, 3.63) is 28.2 Å². The van der Waals surface area contributed by atoms with Gasteiger partial charge in [-0.25, -0.2) is 0 Å². The van der Waals surface area contributed by atoms with Crippen LogP contribution in [-0.4, -0.2) is 39.7 Å². The van der Waals surface area contributed by atoms with Crippen molar-refractivity contribution in [3.63, 3.8) is 0 Å². The van der Waals surface area contributed by atoms with E-state index < -0.39 is 29.8 Å². The third-order valence-corrected chi connectivity index (χ3v) is 6.64. The molecular formula is C21H25Cl2F3N2O3. The predicted octanol–water partition coefficient (Wildman–Crippen LogP) is 5.67. The molecule has 0 unspecified atom stereocenters. The number of carbonyl (C=O) groups excluding carboxylic acids is 1. The van der Waals surface area contributed by atoms with Gasteiger partial charge in [-0.15, -0.1) is 0 Å². The number of hydrogen-bond acceptors (Lipinski definition) is 4. The molecule has 3 rings (SSSR count). The van der Waals surface area contributed by atoms with Crippen LogP contribution in [0, 0.1) is 17.3 Å². The Bertz CT molecular complexity index is 901. The second-order valence-electron chi connectivity index (χ2n) is 9.19. The van der Waals surface area contributed by atoms with Gasteiger partial charge < -0.3 is 9.84 Å². The number of hydrazone groups is 1. The van der Waals surface area contributed by atoms with E-state index in [0.717, 1.165) is 0 Å². The molecule has 2 aliphatic rings. The number of alkyl halides is 3. The van der Waals surface area contributed by atoms with Crippen molar-refractivity contribution in [3.8, 4) is 5.75 Å². The van der Waals surface area contributed by atoms with Gasteiger partial charge in [0.1, 0.15) is 5.75 Å². The number of carbonyl (C=O) groups is 1. The normalized spacial score (nSPS) is 27.5. The fourth-order valence-electron chi connectivity index (χ4n) is 4.21. The van der Waals surface area contributed by atoms with Gasteiger partial charge in [0.25, 0.3) is 11.6 Å². The van der Waals surface area contributed by atoms with Gasteiger partial charge in [0.15, 0.2) is 6.10 Å². The molecule has 10 heteroatoms. The minimum absolute atomic E-state index is 0.0538. The molecule has 31 heavy (non-hydrogen) atoms.